The van der Waals surface area contributed by atoms with Gasteiger partial charge in [-0.3, -0.25) is 9.59 Å². The van der Waals surface area contributed by atoms with Gasteiger partial charge in [-0.25, -0.2) is 5.10 Å². The van der Waals surface area contributed by atoms with Crippen LogP contribution in [0.2, 0.25) is 0 Å². The van der Waals surface area contributed by atoms with Gasteiger partial charge in [-0.15, -0.1) is 0 Å². The van der Waals surface area contributed by atoms with Gasteiger partial charge in [-0.2, -0.15) is 5.10 Å². The summed E-state index contributed by atoms with van der Waals surface area (Å²) in [4.78, 5) is 27.1. The van der Waals surface area contributed by atoms with E-state index in [1.54, 1.807) is 24.1 Å². The maximum Gasteiger partial charge on any atom is 0.272 e. The molecule has 0 unspecified atom stereocenters. The van der Waals surface area contributed by atoms with Crippen molar-refractivity contribution in [1.29, 1.82) is 0 Å². The average molecular weight is 379 g/mol. The van der Waals surface area contributed by atoms with Crippen LogP contribution in [0, 0.1) is 6.92 Å². The smallest absolute Gasteiger partial charge is 0.272 e. The second kappa shape index (κ2) is 8.80. The number of rotatable bonds is 7. The van der Waals surface area contributed by atoms with Crippen LogP contribution in [0.1, 0.15) is 29.7 Å². The predicted octanol–water partition coefficient (Wildman–Crippen LogP) is 3.01. The van der Waals surface area contributed by atoms with E-state index >= 15 is 0 Å². The fourth-order valence-electron chi connectivity index (χ4n) is 3.24. The van der Waals surface area contributed by atoms with E-state index in [2.05, 4.69) is 10.2 Å². The molecule has 6 heteroatoms. The first-order valence-corrected chi connectivity index (χ1v) is 9.32. The van der Waals surface area contributed by atoms with Gasteiger partial charge in [0, 0.05) is 25.6 Å². The lowest BCUT2D eigenvalue weighted by molar-refractivity contribution is -0.133. The van der Waals surface area contributed by atoms with E-state index < -0.39 is 5.92 Å². The van der Waals surface area contributed by atoms with E-state index in [-0.39, 0.29) is 11.5 Å². The van der Waals surface area contributed by atoms with Gasteiger partial charge in [0.1, 0.15) is 0 Å². The molecule has 28 heavy (non-hydrogen) atoms. The third-order valence-corrected chi connectivity index (χ3v) is 4.88. The first kappa shape index (κ1) is 19.8. The Balaban J connectivity index is 1.90. The number of H-pyrrole nitrogens is 1. The molecule has 0 radical (unpaired) electrons. The highest BCUT2D eigenvalue weighted by molar-refractivity contribution is 5.91. The lowest BCUT2D eigenvalue weighted by atomic mass is 10.00. The first-order valence-electron chi connectivity index (χ1n) is 9.32. The molecule has 0 aliphatic rings. The van der Waals surface area contributed by atoms with Gasteiger partial charge >= 0.3 is 0 Å². The summed E-state index contributed by atoms with van der Waals surface area (Å²) in [5.41, 5.74) is 2.55. The zero-order chi connectivity index (χ0) is 20.1. The number of ether oxygens (including phenoxy) is 1. The monoisotopic (exact) mass is 379 g/mol. The van der Waals surface area contributed by atoms with Crippen molar-refractivity contribution in [2.45, 2.75) is 26.3 Å². The summed E-state index contributed by atoms with van der Waals surface area (Å²) in [6, 6.07) is 15.3. The molecule has 2 aromatic carbocycles. The molecule has 0 fully saturated rings. The van der Waals surface area contributed by atoms with Crippen molar-refractivity contribution in [3.8, 4) is 0 Å². The van der Waals surface area contributed by atoms with Gasteiger partial charge in [0.25, 0.3) is 5.56 Å². The van der Waals surface area contributed by atoms with E-state index in [9.17, 15) is 9.59 Å². The van der Waals surface area contributed by atoms with Crippen molar-refractivity contribution in [2.75, 3.05) is 20.3 Å². The largest absolute Gasteiger partial charge is 0.383 e. The van der Waals surface area contributed by atoms with Crippen LogP contribution >= 0.6 is 0 Å². The van der Waals surface area contributed by atoms with Crippen molar-refractivity contribution < 1.29 is 9.53 Å². The Kier molecular flexibility index (Phi) is 6.21. The van der Waals surface area contributed by atoms with Gasteiger partial charge in [0.05, 0.1) is 23.6 Å². The van der Waals surface area contributed by atoms with Crippen LogP contribution in [0.25, 0.3) is 10.8 Å². The molecule has 1 amide bonds. The molecule has 1 atom stereocenters. The maximum absolute atomic E-state index is 13.3. The molecule has 0 spiro atoms. The van der Waals surface area contributed by atoms with Gasteiger partial charge in [-0.1, -0.05) is 48.0 Å². The van der Waals surface area contributed by atoms with E-state index in [0.717, 1.165) is 5.56 Å². The molecule has 0 saturated heterocycles. The van der Waals surface area contributed by atoms with Crippen molar-refractivity contribution in [3.63, 3.8) is 0 Å². The molecule has 0 saturated carbocycles. The zero-order valence-electron chi connectivity index (χ0n) is 16.4. The molecule has 6 nitrogen and oxygen atoms in total. The minimum Gasteiger partial charge on any atom is -0.383 e. The molecule has 1 aromatic heterocycles. The number of carbonyl (C=O) groups is 1. The SMILES string of the molecule is COCCN(Cc1ccc(C)cc1)C(=O)[C@H](C)c1n[nH]c(=O)c2ccccc12. The van der Waals surface area contributed by atoms with Gasteiger partial charge in [0.2, 0.25) is 5.91 Å². The molecule has 0 bridgehead atoms. The van der Waals surface area contributed by atoms with Crippen molar-refractivity contribution >= 4 is 16.7 Å². The fourth-order valence-corrected chi connectivity index (χ4v) is 3.24. The minimum absolute atomic E-state index is 0.0534. The number of methoxy groups -OCH3 is 1. The standard InChI is InChI=1S/C22H25N3O3/c1-15-8-10-17(11-9-15)14-25(12-13-28-3)22(27)16(2)20-18-6-4-5-7-19(18)21(26)24-23-20/h4-11,16H,12-14H2,1-3H3,(H,24,26)/t16-/m1/s1. The number of carbonyl (C=O) groups excluding carboxylic acids is 1. The quantitative estimate of drug-likeness (QED) is 0.685. The Bertz CT molecular complexity index is 1010. The molecular weight excluding hydrogens is 354 g/mol. The summed E-state index contributed by atoms with van der Waals surface area (Å²) in [5, 5.41) is 7.95. The van der Waals surface area contributed by atoms with E-state index in [0.29, 0.717) is 36.2 Å². The van der Waals surface area contributed by atoms with Crippen molar-refractivity contribution in [3.05, 3.63) is 75.7 Å². The number of fused-ring (bicyclic) bond motifs is 1. The number of amides is 1. The number of hydrogen-bond acceptors (Lipinski definition) is 4. The van der Waals surface area contributed by atoms with Gasteiger partial charge in [-0.05, 0) is 25.5 Å². The van der Waals surface area contributed by atoms with Crippen LogP contribution < -0.4 is 5.56 Å². The van der Waals surface area contributed by atoms with Gasteiger partial charge < -0.3 is 9.64 Å². The zero-order valence-corrected chi connectivity index (χ0v) is 16.4. The number of nitrogens with one attached hydrogen (secondary N) is 1. The number of benzene rings is 2. The lowest BCUT2D eigenvalue weighted by Crippen LogP contribution is -2.36. The molecule has 1 N–H and O–H groups in total. The number of aryl methyl sites for hydroxylation is 1. The number of nitrogens with zero attached hydrogens (tertiary/aromatic N) is 2. The predicted molar refractivity (Wildman–Crippen MR) is 109 cm³/mol. The van der Waals surface area contributed by atoms with Crippen LogP contribution in [0.3, 0.4) is 0 Å². The van der Waals surface area contributed by atoms with E-state index in [1.807, 2.05) is 50.2 Å². The highest BCUT2D eigenvalue weighted by Gasteiger charge is 2.25. The highest BCUT2D eigenvalue weighted by atomic mass is 16.5. The molecule has 146 valence electrons. The molecule has 0 aliphatic heterocycles. The van der Waals surface area contributed by atoms with Crippen LogP contribution in [-0.4, -0.2) is 41.3 Å². The topological polar surface area (TPSA) is 75.3 Å². The molecule has 1 heterocycles. The van der Waals surface area contributed by atoms with Crippen LogP contribution in [-0.2, 0) is 16.1 Å². The molecule has 3 rings (SSSR count). The average Bonchev–Trinajstić information content (AvgIpc) is 2.72. The Morgan fingerprint density at radius 2 is 1.82 bits per heavy atom. The summed E-state index contributed by atoms with van der Waals surface area (Å²) in [5.74, 6) is -0.550. The summed E-state index contributed by atoms with van der Waals surface area (Å²) in [6.07, 6.45) is 0. The first-order chi connectivity index (χ1) is 13.5. The normalized spacial score (nSPS) is 12.1. The number of hydrogen-bond donors (Lipinski definition) is 1. The Morgan fingerprint density at radius 1 is 1.14 bits per heavy atom. The van der Waals surface area contributed by atoms with Crippen LogP contribution in [0.15, 0.2) is 53.3 Å². The van der Waals surface area contributed by atoms with Crippen LogP contribution in [0.4, 0.5) is 0 Å². The summed E-state index contributed by atoms with van der Waals surface area (Å²) in [7, 11) is 1.62. The summed E-state index contributed by atoms with van der Waals surface area (Å²) < 4.78 is 5.19. The van der Waals surface area contributed by atoms with E-state index in [4.69, 9.17) is 4.74 Å². The molecular formula is C22H25N3O3. The summed E-state index contributed by atoms with van der Waals surface area (Å²) in [6.45, 7) is 5.28. The Hall–Kier alpha value is -2.99. The minimum atomic E-state index is -0.496. The Labute approximate surface area is 164 Å². The second-order valence-electron chi connectivity index (χ2n) is 6.94. The fraction of sp³-hybridized carbons (Fsp3) is 0.318. The third-order valence-electron chi connectivity index (χ3n) is 4.88. The number of aromatic amines is 1. The van der Waals surface area contributed by atoms with Gasteiger partial charge in [0.15, 0.2) is 0 Å². The van der Waals surface area contributed by atoms with Crippen molar-refractivity contribution in [2.24, 2.45) is 0 Å². The summed E-state index contributed by atoms with van der Waals surface area (Å²) >= 11 is 0. The third kappa shape index (κ3) is 4.28. The van der Waals surface area contributed by atoms with Crippen LogP contribution in [0.5, 0.6) is 0 Å². The Morgan fingerprint density at radius 3 is 2.50 bits per heavy atom. The molecule has 3 aromatic rings. The van der Waals surface area contributed by atoms with E-state index in [1.165, 1.54) is 5.56 Å². The second-order valence-corrected chi connectivity index (χ2v) is 6.94. The lowest BCUT2D eigenvalue weighted by Gasteiger charge is -2.26. The van der Waals surface area contributed by atoms with Crippen molar-refractivity contribution in [1.82, 2.24) is 15.1 Å². The highest BCUT2D eigenvalue weighted by Crippen LogP contribution is 2.23. The molecule has 0 aliphatic carbocycles. The number of aromatic nitrogens is 2. The maximum atomic E-state index is 13.3.